The summed E-state index contributed by atoms with van der Waals surface area (Å²) in [5.74, 6) is 0.325. The third kappa shape index (κ3) is 5.87. The fourth-order valence-electron chi connectivity index (χ4n) is 2.67. The fourth-order valence-corrected chi connectivity index (χ4v) is 2.67. The molecule has 0 aliphatic rings. The molecule has 1 aromatic rings. The predicted octanol–water partition coefficient (Wildman–Crippen LogP) is 6.19. The normalized spacial score (nSPS) is 10.4. The molecule has 1 heteroatoms. The molecule has 0 spiro atoms. The Morgan fingerprint density at radius 3 is 1.86 bits per heavy atom. The second-order valence-electron chi connectivity index (χ2n) is 5.72. The molecule has 0 saturated heterocycles. The van der Waals surface area contributed by atoms with Crippen molar-refractivity contribution in [1.82, 2.24) is 0 Å². The minimum absolute atomic E-state index is 0.325. The van der Waals surface area contributed by atoms with Crippen LogP contribution in [0.25, 0.3) is 5.57 Å². The van der Waals surface area contributed by atoms with E-state index >= 15 is 0 Å². The molecule has 0 fully saturated rings. The lowest BCUT2D eigenvalue weighted by Gasteiger charge is -2.15. The Balaban J connectivity index is 3.19. The summed E-state index contributed by atoms with van der Waals surface area (Å²) in [4.78, 5) is 12.7. The van der Waals surface area contributed by atoms with E-state index in [1.807, 2.05) is 18.2 Å². The van der Waals surface area contributed by atoms with E-state index in [2.05, 4.69) is 32.9 Å². The number of ketones is 1. The zero-order valence-electron chi connectivity index (χ0n) is 14.0. The molecule has 0 heterocycles. The number of carbonyl (C=O) groups is 1. The smallest absolute Gasteiger partial charge is 0.163 e. The molecule has 0 radical (unpaired) electrons. The number of allylic oxidation sites excluding steroid dienone is 2. The van der Waals surface area contributed by atoms with Crippen molar-refractivity contribution in [1.29, 1.82) is 0 Å². The van der Waals surface area contributed by atoms with Gasteiger partial charge in [-0.2, -0.15) is 0 Å². The second-order valence-corrected chi connectivity index (χ2v) is 5.72. The van der Waals surface area contributed by atoms with Gasteiger partial charge in [0, 0.05) is 12.0 Å². The molecular formula is C20H30O. The molecule has 1 aromatic carbocycles. The summed E-state index contributed by atoms with van der Waals surface area (Å²) in [6.45, 7) is 6.51. The number of rotatable bonds is 10. The van der Waals surface area contributed by atoms with Gasteiger partial charge in [0.2, 0.25) is 0 Å². The Morgan fingerprint density at radius 2 is 1.38 bits per heavy atom. The van der Waals surface area contributed by atoms with Gasteiger partial charge in [-0.05, 0) is 37.7 Å². The van der Waals surface area contributed by atoms with Gasteiger partial charge in [-0.25, -0.2) is 0 Å². The maximum Gasteiger partial charge on any atom is 0.163 e. The summed E-state index contributed by atoms with van der Waals surface area (Å²) in [7, 11) is 0. The molecule has 0 aromatic heterocycles. The zero-order chi connectivity index (χ0) is 15.5. The monoisotopic (exact) mass is 286 g/mol. The van der Waals surface area contributed by atoms with E-state index in [0.717, 1.165) is 30.4 Å². The quantitative estimate of drug-likeness (QED) is 0.469. The van der Waals surface area contributed by atoms with Gasteiger partial charge in [0.1, 0.15) is 0 Å². The first kappa shape index (κ1) is 17.7. The highest BCUT2D eigenvalue weighted by Crippen LogP contribution is 2.28. The summed E-state index contributed by atoms with van der Waals surface area (Å²) in [5.41, 5.74) is 3.50. The van der Waals surface area contributed by atoms with E-state index in [9.17, 15) is 4.79 Å². The molecule has 0 aliphatic heterocycles. The molecule has 0 amide bonds. The highest BCUT2D eigenvalue weighted by molar-refractivity contribution is 6.21. The highest BCUT2D eigenvalue weighted by atomic mass is 16.1. The maximum absolute atomic E-state index is 12.7. The van der Waals surface area contributed by atoms with E-state index in [1.165, 1.54) is 31.3 Å². The Bertz CT molecular complexity index is 432. The predicted molar refractivity (Wildman–Crippen MR) is 92.3 cm³/mol. The summed E-state index contributed by atoms with van der Waals surface area (Å²) >= 11 is 0. The van der Waals surface area contributed by atoms with Crippen molar-refractivity contribution in [2.24, 2.45) is 0 Å². The van der Waals surface area contributed by atoms with Gasteiger partial charge >= 0.3 is 0 Å². The molecule has 0 bridgehead atoms. The number of hydrogen-bond donors (Lipinski definition) is 0. The minimum atomic E-state index is 0.325. The van der Waals surface area contributed by atoms with Crippen molar-refractivity contribution in [3.05, 3.63) is 41.5 Å². The van der Waals surface area contributed by atoms with Gasteiger partial charge in [-0.15, -0.1) is 0 Å². The van der Waals surface area contributed by atoms with Crippen LogP contribution in [0.2, 0.25) is 0 Å². The largest absolute Gasteiger partial charge is 0.294 e. The lowest BCUT2D eigenvalue weighted by atomic mass is 9.89. The van der Waals surface area contributed by atoms with Crippen molar-refractivity contribution in [3.8, 4) is 0 Å². The number of Topliss-reactive ketones (excluding diaryl/α,β-unsaturated/α-hetero) is 1. The molecule has 116 valence electrons. The molecule has 1 nitrogen and oxygen atoms in total. The van der Waals surface area contributed by atoms with Crippen LogP contribution >= 0.6 is 0 Å². The van der Waals surface area contributed by atoms with Crippen LogP contribution in [0.15, 0.2) is 35.9 Å². The molecule has 0 N–H and O–H groups in total. The van der Waals surface area contributed by atoms with Crippen LogP contribution < -0.4 is 0 Å². The fraction of sp³-hybridized carbons (Fsp3) is 0.550. The van der Waals surface area contributed by atoms with Gasteiger partial charge in [-0.1, -0.05) is 69.5 Å². The summed E-state index contributed by atoms with van der Waals surface area (Å²) < 4.78 is 0. The van der Waals surface area contributed by atoms with Crippen molar-refractivity contribution in [2.75, 3.05) is 0 Å². The van der Waals surface area contributed by atoms with E-state index < -0.39 is 0 Å². The number of carbonyl (C=O) groups excluding carboxylic acids is 1. The van der Waals surface area contributed by atoms with Crippen LogP contribution in [0.5, 0.6) is 0 Å². The van der Waals surface area contributed by atoms with E-state index in [1.54, 1.807) is 0 Å². The van der Waals surface area contributed by atoms with Gasteiger partial charge in [0.15, 0.2) is 5.78 Å². The lowest BCUT2D eigenvalue weighted by Crippen LogP contribution is -2.06. The van der Waals surface area contributed by atoms with Crippen LogP contribution in [0.1, 0.15) is 77.7 Å². The van der Waals surface area contributed by atoms with Crippen LogP contribution in [0.3, 0.4) is 0 Å². The lowest BCUT2D eigenvalue weighted by molar-refractivity contribution is -0.113. The Morgan fingerprint density at radius 1 is 0.810 bits per heavy atom. The van der Waals surface area contributed by atoms with Crippen LogP contribution in [-0.2, 0) is 4.79 Å². The molecule has 21 heavy (non-hydrogen) atoms. The van der Waals surface area contributed by atoms with Crippen LogP contribution in [-0.4, -0.2) is 5.78 Å². The highest BCUT2D eigenvalue weighted by Gasteiger charge is 2.16. The standard InChI is InChI=1S/C20H30O/c1-4-7-13-17(14-8-5-2)20(19(21)12-6-3)18-15-10-9-11-16-18/h9-11,15-16H,4-8,12-14H2,1-3H3. The van der Waals surface area contributed by atoms with Gasteiger partial charge in [0.05, 0.1) is 0 Å². The molecule has 0 unspecified atom stereocenters. The van der Waals surface area contributed by atoms with Crippen molar-refractivity contribution < 1.29 is 4.79 Å². The number of unbranched alkanes of at least 4 members (excludes halogenated alkanes) is 2. The van der Waals surface area contributed by atoms with Gasteiger partial charge in [0.25, 0.3) is 0 Å². The minimum Gasteiger partial charge on any atom is -0.294 e. The molecule has 0 atom stereocenters. The summed E-state index contributed by atoms with van der Waals surface area (Å²) in [5, 5.41) is 0. The molecule has 1 rings (SSSR count). The summed E-state index contributed by atoms with van der Waals surface area (Å²) in [6, 6.07) is 10.3. The Hall–Kier alpha value is -1.37. The molecular weight excluding hydrogens is 256 g/mol. The van der Waals surface area contributed by atoms with Gasteiger partial charge < -0.3 is 0 Å². The van der Waals surface area contributed by atoms with E-state index in [4.69, 9.17) is 0 Å². The van der Waals surface area contributed by atoms with Crippen molar-refractivity contribution in [3.63, 3.8) is 0 Å². The van der Waals surface area contributed by atoms with Crippen molar-refractivity contribution >= 4 is 11.4 Å². The first-order valence-electron chi connectivity index (χ1n) is 8.55. The topological polar surface area (TPSA) is 17.1 Å². The SMILES string of the molecule is CCCCC(CCCC)=C(C(=O)CCC)c1ccccc1. The number of benzene rings is 1. The zero-order valence-corrected chi connectivity index (χ0v) is 14.0. The maximum atomic E-state index is 12.7. The van der Waals surface area contributed by atoms with Crippen LogP contribution in [0, 0.1) is 0 Å². The number of hydrogen-bond acceptors (Lipinski definition) is 1. The first-order chi connectivity index (χ1) is 10.2. The van der Waals surface area contributed by atoms with E-state index in [-0.39, 0.29) is 0 Å². The van der Waals surface area contributed by atoms with Gasteiger partial charge in [-0.3, -0.25) is 4.79 Å². The third-order valence-electron chi connectivity index (χ3n) is 3.84. The molecule has 0 aliphatic carbocycles. The molecule has 0 saturated carbocycles. The average molecular weight is 286 g/mol. The first-order valence-corrected chi connectivity index (χ1v) is 8.55. The third-order valence-corrected chi connectivity index (χ3v) is 3.84. The second kappa shape index (κ2) is 10.4. The van der Waals surface area contributed by atoms with Crippen molar-refractivity contribution in [2.45, 2.75) is 72.1 Å². The Kier molecular flexibility index (Phi) is 8.73. The average Bonchev–Trinajstić information content (AvgIpc) is 2.51. The van der Waals surface area contributed by atoms with Crippen LogP contribution in [0.4, 0.5) is 0 Å². The summed E-state index contributed by atoms with van der Waals surface area (Å²) in [6.07, 6.45) is 8.42. The van der Waals surface area contributed by atoms with E-state index in [0.29, 0.717) is 12.2 Å². The Labute approximate surface area is 130 Å².